The first kappa shape index (κ1) is 13.0. The van der Waals surface area contributed by atoms with Crippen LogP contribution < -0.4 is 11.1 Å². The van der Waals surface area contributed by atoms with Crippen LogP contribution >= 0.6 is 11.3 Å². The van der Waals surface area contributed by atoms with E-state index in [2.05, 4.69) is 10.3 Å². The molecule has 0 spiro atoms. The van der Waals surface area contributed by atoms with E-state index in [-0.39, 0.29) is 18.5 Å². The number of rotatable bonds is 5. The number of hydrogen-bond donors (Lipinski definition) is 3. The van der Waals surface area contributed by atoms with Gasteiger partial charge in [-0.15, -0.1) is 11.3 Å². The number of nitrogens with two attached hydrogens (primary N) is 1. The third-order valence-electron chi connectivity index (χ3n) is 3.04. The van der Waals surface area contributed by atoms with E-state index in [9.17, 15) is 9.59 Å². The summed E-state index contributed by atoms with van der Waals surface area (Å²) in [5.41, 5.74) is 5.20. The highest BCUT2D eigenvalue weighted by atomic mass is 32.1. The number of carboxylic acids is 1. The van der Waals surface area contributed by atoms with Crippen molar-refractivity contribution in [2.45, 2.75) is 25.8 Å². The summed E-state index contributed by atoms with van der Waals surface area (Å²) in [6.07, 6.45) is 1.23. The zero-order valence-corrected chi connectivity index (χ0v) is 10.8. The fourth-order valence-corrected chi connectivity index (χ4v) is 2.32. The van der Waals surface area contributed by atoms with E-state index < -0.39 is 11.4 Å². The standard InChI is InChI=1S/C11H15N3O3S/c1-6(12)9-14-7(4-18-9)8(15)13-5-11(2-3-11)10(16)17/h4,6H,2-3,5,12H2,1H3,(H,13,15)(H,16,17). The molecule has 1 heterocycles. The van der Waals surface area contributed by atoms with Crippen LogP contribution in [-0.4, -0.2) is 28.5 Å². The van der Waals surface area contributed by atoms with Gasteiger partial charge in [0.25, 0.3) is 5.91 Å². The first-order valence-electron chi connectivity index (χ1n) is 5.67. The van der Waals surface area contributed by atoms with Gasteiger partial charge in [-0.25, -0.2) is 4.98 Å². The van der Waals surface area contributed by atoms with Gasteiger partial charge >= 0.3 is 5.97 Å². The summed E-state index contributed by atoms with van der Waals surface area (Å²) in [4.78, 5) is 26.8. The molecule has 1 aromatic heterocycles. The highest BCUT2D eigenvalue weighted by Gasteiger charge is 2.50. The van der Waals surface area contributed by atoms with Crippen LogP contribution in [0, 0.1) is 5.41 Å². The maximum atomic E-state index is 11.8. The quantitative estimate of drug-likeness (QED) is 0.731. The summed E-state index contributed by atoms with van der Waals surface area (Å²) in [5, 5.41) is 13.9. The third kappa shape index (κ3) is 2.51. The summed E-state index contributed by atoms with van der Waals surface area (Å²) >= 11 is 1.33. The summed E-state index contributed by atoms with van der Waals surface area (Å²) < 4.78 is 0. The number of aromatic nitrogens is 1. The Morgan fingerprint density at radius 3 is 2.78 bits per heavy atom. The Labute approximate surface area is 108 Å². The minimum Gasteiger partial charge on any atom is -0.481 e. The van der Waals surface area contributed by atoms with Crippen molar-refractivity contribution in [1.82, 2.24) is 10.3 Å². The van der Waals surface area contributed by atoms with E-state index in [4.69, 9.17) is 10.8 Å². The van der Waals surface area contributed by atoms with Crippen LogP contribution in [0.2, 0.25) is 0 Å². The molecule has 1 amide bonds. The molecule has 1 aliphatic rings. The maximum Gasteiger partial charge on any atom is 0.311 e. The number of aliphatic carboxylic acids is 1. The Bertz CT molecular complexity index is 480. The molecule has 18 heavy (non-hydrogen) atoms. The Balaban J connectivity index is 1.94. The maximum absolute atomic E-state index is 11.8. The predicted molar refractivity (Wildman–Crippen MR) is 66.4 cm³/mol. The Kier molecular flexibility index (Phi) is 3.36. The van der Waals surface area contributed by atoms with Crippen molar-refractivity contribution < 1.29 is 14.7 Å². The minimum absolute atomic E-state index is 0.159. The monoisotopic (exact) mass is 269 g/mol. The number of carboxylic acid groups (broad SMARTS) is 1. The first-order valence-corrected chi connectivity index (χ1v) is 6.55. The molecular weight excluding hydrogens is 254 g/mol. The largest absolute Gasteiger partial charge is 0.481 e. The molecule has 1 aromatic rings. The Morgan fingerprint density at radius 2 is 2.33 bits per heavy atom. The fraction of sp³-hybridized carbons (Fsp3) is 0.545. The Morgan fingerprint density at radius 1 is 1.67 bits per heavy atom. The number of amides is 1. The Hall–Kier alpha value is -1.47. The molecule has 4 N–H and O–H groups in total. The van der Waals surface area contributed by atoms with Gasteiger partial charge < -0.3 is 16.2 Å². The second-order valence-electron chi connectivity index (χ2n) is 4.63. The molecule has 0 aliphatic heterocycles. The summed E-state index contributed by atoms with van der Waals surface area (Å²) in [6.45, 7) is 1.95. The van der Waals surface area contributed by atoms with Gasteiger partial charge in [0.15, 0.2) is 0 Å². The molecule has 7 heteroatoms. The number of hydrogen-bond acceptors (Lipinski definition) is 5. The lowest BCUT2D eigenvalue weighted by atomic mass is 10.1. The summed E-state index contributed by atoms with van der Waals surface area (Å²) in [7, 11) is 0. The molecule has 98 valence electrons. The lowest BCUT2D eigenvalue weighted by Gasteiger charge is -2.09. The summed E-state index contributed by atoms with van der Waals surface area (Å²) in [5.74, 6) is -1.19. The molecule has 1 saturated carbocycles. The van der Waals surface area contributed by atoms with Crippen LogP contribution in [0.15, 0.2) is 5.38 Å². The molecule has 1 unspecified atom stereocenters. The van der Waals surface area contributed by atoms with Gasteiger partial charge in [-0.3, -0.25) is 9.59 Å². The van der Waals surface area contributed by atoms with Crippen LogP contribution in [0.25, 0.3) is 0 Å². The first-order chi connectivity index (χ1) is 8.44. The van der Waals surface area contributed by atoms with E-state index in [1.807, 2.05) is 0 Å². The SMILES string of the molecule is CC(N)c1nc(C(=O)NCC2(C(=O)O)CC2)cs1. The van der Waals surface area contributed by atoms with E-state index in [0.717, 1.165) is 0 Å². The van der Waals surface area contributed by atoms with Crippen LogP contribution in [-0.2, 0) is 4.79 Å². The lowest BCUT2D eigenvalue weighted by Crippen LogP contribution is -2.34. The van der Waals surface area contributed by atoms with Crippen molar-refractivity contribution in [3.05, 3.63) is 16.1 Å². The smallest absolute Gasteiger partial charge is 0.311 e. The molecule has 0 saturated heterocycles. The molecule has 1 aliphatic carbocycles. The number of nitrogens with zero attached hydrogens (tertiary/aromatic N) is 1. The van der Waals surface area contributed by atoms with Crippen LogP contribution in [0.3, 0.4) is 0 Å². The van der Waals surface area contributed by atoms with E-state index >= 15 is 0 Å². The number of thiazole rings is 1. The van der Waals surface area contributed by atoms with Crippen molar-refractivity contribution >= 4 is 23.2 Å². The van der Waals surface area contributed by atoms with Gasteiger partial charge in [0.2, 0.25) is 0 Å². The average Bonchev–Trinajstić information content (AvgIpc) is 2.94. The number of carbonyl (C=O) groups is 2. The molecular formula is C11H15N3O3S. The third-order valence-corrected chi connectivity index (χ3v) is 4.08. The minimum atomic E-state index is -0.850. The molecule has 6 nitrogen and oxygen atoms in total. The van der Waals surface area contributed by atoms with Crippen LogP contribution in [0.4, 0.5) is 0 Å². The van der Waals surface area contributed by atoms with Crippen molar-refractivity contribution in [3.63, 3.8) is 0 Å². The van der Waals surface area contributed by atoms with E-state index in [0.29, 0.717) is 23.5 Å². The van der Waals surface area contributed by atoms with Gasteiger partial charge in [0.1, 0.15) is 10.7 Å². The zero-order valence-electron chi connectivity index (χ0n) is 9.97. The van der Waals surface area contributed by atoms with E-state index in [1.165, 1.54) is 11.3 Å². The van der Waals surface area contributed by atoms with Crippen LogP contribution in [0.5, 0.6) is 0 Å². The topological polar surface area (TPSA) is 105 Å². The molecule has 1 atom stereocenters. The highest BCUT2D eigenvalue weighted by Crippen LogP contribution is 2.45. The second-order valence-corrected chi connectivity index (χ2v) is 5.52. The number of nitrogens with one attached hydrogen (secondary N) is 1. The average molecular weight is 269 g/mol. The van der Waals surface area contributed by atoms with Crippen molar-refractivity contribution in [3.8, 4) is 0 Å². The van der Waals surface area contributed by atoms with Gasteiger partial charge in [-0.05, 0) is 19.8 Å². The van der Waals surface area contributed by atoms with Crippen LogP contribution in [0.1, 0.15) is 41.3 Å². The molecule has 0 radical (unpaired) electrons. The van der Waals surface area contributed by atoms with Gasteiger partial charge in [-0.2, -0.15) is 0 Å². The summed E-state index contributed by atoms with van der Waals surface area (Å²) in [6, 6.07) is -0.203. The molecule has 2 rings (SSSR count). The molecule has 1 fully saturated rings. The van der Waals surface area contributed by atoms with Crippen molar-refractivity contribution in [1.29, 1.82) is 0 Å². The second kappa shape index (κ2) is 4.66. The zero-order chi connectivity index (χ0) is 13.3. The normalized spacial score (nSPS) is 18.1. The van der Waals surface area contributed by atoms with Crippen molar-refractivity contribution in [2.75, 3.05) is 6.54 Å². The molecule has 0 bridgehead atoms. The highest BCUT2D eigenvalue weighted by molar-refractivity contribution is 7.09. The van der Waals surface area contributed by atoms with Gasteiger partial charge in [0, 0.05) is 11.9 Å². The predicted octanol–water partition coefficient (Wildman–Crippen LogP) is 0.757. The van der Waals surface area contributed by atoms with E-state index in [1.54, 1.807) is 12.3 Å². The van der Waals surface area contributed by atoms with Crippen molar-refractivity contribution in [2.24, 2.45) is 11.1 Å². The van der Waals surface area contributed by atoms with Gasteiger partial charge in [-0.1, -0.05) is 0 Å². The number of carbonyl (C=O) groups excluding carboxylic acids is 1. The molecule has 0 aromatic carbocycles. The van der Waals surface area contributed by atoms with Gasteiger partial charge in [0.05, 0.1) is 11.5 Å². The fourth-order valence-electron chi connectivity index (χ4n) is 1.56. The lowest BCUT2D eigenvalue weighted by molar-refractivity contribution is -0.143.